The Bertz CT molecular complexity index is 1180. The second kappa shape index (κ2) is 8.97. The smallest absolute Gasteiger partial charge is 0.259 e. The summed E-state index contributed by atoms with van der Waals surface area (Å²) in [5.41, 5.74) is 1.62. The third-order valence-corrected chi connectivity index (χ3v) is 4.93. The quantitative estimate of drug-likeness (QED) is 0.444. The standard InChI is InChI=1S/C22H16N4O3S/c27-19(13-12-16-9-6-14-29-16)23-18-11-5-4-10-17(18)20(28)24-22-26-25-21(30-22)15-7-2-1-3-8-15/h1-14H,(H,23,27)(H,24,26,28)/b13-12+. The summed E-state index contributed by atoms with van der Waals surface area (Å²) in [5, 5.41) is 14.7. The number of aromatic nitrogens is 2. The Kier molecular flexibility index (Phi) is 5.77. The lowest BCUT2D eigenvalue weighted by Gasteiger charge is -2.08. The third kappa shape index (κ3) is 4.68. The van der Waals surface area contributed by atoms with Crippen molar-refractivity contribution in [3.63, 3.8) is 0 Å². The van der Waals surface area contributed by atoms with Gasteiger partial charge in [-0.1, -0.05) is 53.8 Å². The number of benzene rings is 2. The molecule has 0 atom stereocenters. The van der Waals surface area contributed by atoms with E-state index < -0.39 is 5.91 Å². The molecule has 4 aromatic rings. The molecule has 2 aromatic carbocycles. The van der Waals surface area contributed by atoms with E-state index in [-0.39, 0.29) is 5.91 Å². The summed E-state index contributed by atoms with van der Waals surface area (Å²) in [7, 11) is 0. The molecule has 0 aliphatic carbocycles. The molecule has 0 unspecified atom stereocenters. The highest BCUT2D eigenvalue weighted by Crippen LogP contribution is 2.27. The van der Waals surface area contributed by atoms with Gasteiger partial charge in [0.25, 0.3) is 5.91 Å². The van der Waals surface area contributed by atoms with E-state index in [0.717, 1.165) is 5.56 Å². The first-order valence-electron chi connectivity index (χ1n) is 9.01. The van der Waals surface area contributed by atoms with Crippen LogP contribution >= 0.6 is 11.3 Å². The molecule has 0 aliphatic heterocycles. The van der Waals surface area contributed by atoms with Crippen LogP contribution in [0, 0.1) is 0 Å². The largest absolute Gasteiger partial charge is 0.465 e. The predicted octanol–water partition coefficient (Wildman–Crippen LogP) is 4.70. The Labute approximate surface area is 176 Å². The minimum absolute atomic E-state index is 0.314. The third-order valence-electron chi connectivity index (χ3n) is 4.04. The van der Waals surface area contributed by atoms with Crippen LogP contribution in [0.3, 0.4) is 0 Å². The van der Waals surface area contributed by atoms with Gasteiger partial charge in [0.15, 0.2) is 0 Å². The normalized spacial score (nSPS) is 10.8. The molecule has 2 N–H and O–H groups in total. The number of furan rings is 1. The van der Waals surface area contributed by atoms with E-state index in [0.29, 0.717) is 27.2 Å². The summed E-state index contributed by atoms with van der Waals surface area (Å²) >= 11 is 1.27. The monoisotopic (exact) mass is 416 g/mol. The van der Waals surface area contributed by atoms with Crippen LogP contribution in [0.4, 0.5) is 10.8 Å². The van der Waals surface area contributed by atoms with E-state index in [1.165, 1.54) is 23.7 Å². The molecule has 8 heteroatoms. The summed E-state index contributed by atoms with van der Waals surface area (Å²) in [6.45, 7) is 0. The van der Waals surface area contributed by atoms with Gasteiger partial charge in [-0.25, -0.2) is 0 Å². The number of nitrogens with one attached hydrogen (secondary N) is 2. The zero-order valence-electron chi connectivity index (χ0n) is 15.6. The van der Waals surface area contributed by atoms with Crippen LogP contribution in [0.2, 0.25) is 0 Å². The highest BCUT2D eigenvalue weighted by molar-refractivity contribution is 7.18. The maximum atomic E-state index is 12.8. The van der Waals surface area contributed by atoms with Crippen molar-refractivity contribution in [1.82, 2.24) is 10.2 Å². The van der Waals surface area contributed by atoms with Gasteiger partial charge in [0.1, 0.15) is 10.8 Å². The lowest BCUT2D eigenvalue weighted by atomic mass is 10.1. The molecule has 4 rings (SSSR count). The van der Waals surface area contributed by atoms with Gasteiger partial charge in [-0.15, -0.1) is 10.2 Å². The fraction of sp³-hybridized carbons (Fsp3) is 0. The number of carbonyl (C=O) groups is 2. The number of para-hydroxylation sites is 1. The van der Waals surface area contributed by atoms with Gasteiger partial charge >= 0.3 is 0 Å². The Morgan fingerprint density at radius 1 is 0.900 bits per heavy atom. The zero-order chi connectivity index (χ0) is 20.8. The topological polar surface area (TPSA) is 97.1 Å². The summed E-state index contributed by atoms with van der Waals surface area (Å²) in [5.74, 6) is -0.215. The van der Waals surface area contributed by atoms with Crippen LogP contribution < -0.4 is 10.6 Å². The molecule has 0 bridgehead atoms. The fourth-order valence-electron chi connectivity index (χ4n) is 2.64. The van der Waals surface area contributed by atoms with Crippen molar-refractivity contribution in [3.05, 3.63) is 90.4 Å². The van der Waals surface area contributed by atoms with E-state index >= 15 is 0 Å². The molecule has 2 aromatic heterocycles. The molecule has 0 spiro atoms. The number of carbonyl (C=O) groups excluding carboxylic acids is 2. The molecule has 30 heavy (non-hydrogen) atoms. The SMILES string of the molecule is O=C(/C=C/c1ccco1)Nc1ccccc1C(=O)Nc1nnc(-c2ccccc2)s1. The first-order valence-corrected chi connectivity index (χ1v) is 9.82. The number of rotatable bonds is 6. The minimum Gasteiger partial charge on any atom is -0.465 e. The van der Waals surface area contributed by atoms with Crippen molar-refractivity contribution in [2.45, 2.75) is 0 Å². The molecule has 0 fully saturated rings. The van der Waals surface area contributed by atoms with Crippen molar-refractivity contribution in [1.29, 1.82) is 0 Å². The molecule has 0 aliphatic rings. The van der Waals surface area contributed by atoms with Crippen molar-refractivity contribution in [2.24, 2.45) is 0 Å². The van der Waals surface area contributed by atoms with E-state index in [1.807, 2.05) is 30.3 Å². The maximum absolute atomic E-state index is 12.8. The summed E-state index contributed by atoms with van der Waals surface area (Å²) < 4.78 is 5.15. The average Bonchev–Trinajstić information content (AvgIpc) is 3.45. The van der Waals surface area contributed by atoms with E-state index in [9.17, 15) is 9.59 Å². The van der Waals surface area contributed by atoms with Crippen LogP contribution in [-0.4, -0.2) is 22.0 Å². The highest BCUT2D eigenvalue weighted by Gasteiger charge is 2.15. The Balaban J connectivity index is 1.46. The first-order chi connectivity index (χ1) is 14.7. The maximum Gasteiger partial charge on any atom is 0.259 e. The van der Waals surface area contributed by atoms with Gasteiger partial charge in [-0.2, -0.15) is 0 Å². The van der Waals surface area contributed by atoms with Crippen molar-refractivity contribution in [2.75, 3.05) is 10.6 Å². The van der Waals surface area contributed by atoms with Gasteiger partial charge in [0, 0.05) is 11.6 Å². The van der Waals surface area contributed by atoms with Crippen LogP contribution in [0.1, 0.15) is 16.1 Å². The second-order valence-electron chi connectivity index (χ2n) is 6.12. The molecule has 148 valence electrons. The van der Waals surface area contributed by atoms with Gasteiger partial charge in [0.05, 0.1) is 17.5 Å². The molecule has 0 saturated heterocycles. The van der Waals surface area contributed by atoms with Crippen LogP contribution in [0.5, 0.6) is 0 Å². The molecule has 7 nitrogen and oxygen atoms in total. The van der Waals surface area contributed by atoms with Crippen molar-refractivity contribution >= 4 is 40.0 Å². The Morgan fingerprint density at radius 2 is 1.70 bits per heavy atom. The molecular formula is C22H16N4O3S. The number of nitrogens with zero attached hydrogens (tertiary/aromatic N) is 2. The van der Waals surface area contributed by atoms with Gasteiger partial charge in [-0.3, -0.25) is 14.9 Å². The fourth-order valence-corrected chi connectivity index (χ4v) is 3.39. The average molecular weight is 416 g/mol. The van der Waals surface area contributed by atoms with Gasteiger partial charge in [0.2, 0.25) is 11.0 Å². The first kappa shape index (κ1) is 19.3. The zero-order valence-corrected chi connectivity index (χ0v) is 16.4. The number of anilines is 2. The molecular weight excluding hydrogens is 400 g/mol. The highest BCUT2D eigenvalue weighted by atomic mass is 32.1. The summed E-state index contributed by atoms with van der Waals surface area (Å²) in [6.07, 6.45) is 4.41. The number of hydrogen-bond acceptors (Lipinski definition) is 6. The second-order valence-corrected chi connectivity index (χ2v) is 7.09. The van der Waals surface area contributed by atoms with Crippen LogP contribution in [0.15, 0.2) is 83.5 Å². The molecule has 2 heterocycles. The molecule has 0 saturated carbocycles. The molecule has 2 amide bonds. The van der Waals surface area contributed by atoms with Crippen LogP contribution in [-0.2, 0) is 4.79 Å². The number of hydrogen-bond donors (Lipinski definition) is 2. The van der Waals surface area contributed by atoms with Crippen molar-refractivity contribution in [3.8, 4) is 10.6 Å². The minimum atomic E-state index is -0.392. The number of amides is 2. The lowest BCUT2D eigenvalue weighted by Crippen LogP contribution is -2.16. The molecule has 0 radical (unpaired) electrons. The van der Waals surface area contributed by atoms with E-state index in [1.54, 1.807) is 42.5 Å². The predicted molar refractivity (Wildman–Crippen MR) is 116 cm³/mol. The van der Waals surface area contributed by atoms with E-state index in [4.69, 9.17) is 4.42 Å². The summed E-state index contributed by atoms with van der Waals surface area (Å²) in [4.78, 5) is 25.0. The summed E-state index contributed by atoms with van der Waals surface area (Å²) in [6, 6.07) is 19.8. The van der Waals surface area contributed by atoms with Gasteiger partial charge in [-0.05, 0) is 30.3 Å². The Morgan fingerprint density at radius 3 is 2.50 bits per heavy atom. The Hall–Kier alpha value is -4.04. The van der Waals surface area contributed by atoms with E-state index in [2.05, 4.69) is 20.8 Å². The van der Waals surface area contributed by atoms with Crippen molar-refractivity contribution < 1.29 is 14.0 Å². The van der Waals surface area contributed by atoms with Gasteiger partial charge < -0.3 is 9.73 Å². The van der Waals surface area contributed by atoms with Crippen LogP contribution in [0.25, 0.3) is 16.6 Å². The lowest BCUT2D eigenvalue weighted by molar-refractivity contribution is -0.111.